The van der Waals surface area contributed by atoms with Crippen LogP contribution in [0.15, 0.2) is 47.2 Å². The van der Waals surface area contributed by atoms with Crippen molar-refractivity contribution in [3.8, 4) is 28.6 Å². The molecule has 3 aromatic rings. The molecular weight excluding hydrogens is 278 g/mol. The molecule has 0 aliphatic rings. The summed E-state index contributed by atoms with van der Waals surface area (Å²) in [7, 11) is 1.59. The predicted molar refractivity (Wildman–Crippen MR) is 83.6 cm³/mol. The van der Waals surface area contributed by atoms with Crippen LogP contribution in [-0.2, 0) is 0 Å². The van der Waals surface area contributed by atoms with Gasteiger partial charge in [-0.15, -0.1) is 0 Å². The van der Waals surface area contributed by atoms with E-state index in [0.717, 1.165) is 11.1 Å². The number of aromatic nitrogens is 3. The van der Waals surface area contributed by atoms with E-state index in [-0.39, 0.29) is 0 Å². The molecule has 2 heterocycles. The lowest BCUT2D eigenvalue weighted by Gasteiger charge is -2.05. The summed E-state index contributed by atoms with van der Waals surface area (Å²) in [5, 5.41) is 4.05. The second-order valence-corrected chi connectivity index (χ2v) is 5.28. The van der Waals surface area contributed by atoms with Gasteiger partial charge in [0.15, 0.2) is 0 Å². The highest BCUT2D eigenvalue weighted by atomic mass is 16.5. The molecule has 0 unspecified atom stereocenters. The molecule has 5 heteroatoms. The average Bonchev–Trinajstić information content (AvgIpc) is 3.04. The Kier molecular flexibility index (Phi) is 3.87. The van der Waals surface area contributed by atoms with E-state index in [1.165, 1.54) is 5.56 Å². The first-order chi connectivity index (χ1) is 10.7. The Balaban J connectivity index is 1.99. The molecule has 0 atom stereocenters. The van der Waals surface area contributed by atoms with Crippen LogP contribution < -0.4 is 4.74 Å². The van der Waals surface area contributed by atoms with Crippen LogP contribution in [0.1, 0.15) is 25.3 Å². The van der Waals surface area contributed by atoms with Gasteiger partial charge in [-0.1, -0.05) is 31.1 Å². The maximum Gasteiger partial charge on any atom is 0.258 e. The normalized spacial score (nSPS) is 10.9. The largest absolute Gasteiger partial charge is 0.494 e. The van der Waals surface area contributed by atoms with Gasteiger partial charge in [-0.05, 0) is 29.7 Å². The fourth-order valence-electron chi connectivity index (χ4n) is 2.21. The van der Waals surface area contributed by atoms with Gasteiger partial charge in [0, 0.05) is 11.8 Å². The lowest BCUT2D eigenvalue weighted by Crippen LogP contribution is -1.90. The van der Waals surface area contributed by atoms with E-state index >= 15 is 0 Å². The van der Waals surface area contributed by atoms with Crippen molar-refractivity contribution in [1.29, 1.82) is 0 Å². The van der Waals surface area contributed by atoms with E-state index in [1.54, 1.807) is 25.6 Å². The van der Waals surface area contributed by atoms with Crippen molar-refractivity contribution in [3.05, 3.63) is 48.3 Å². The summed E-state index contributed by atoms with van der Waals surface area (Å²) in [5.41, 5.74) is 2.91. The van der Waals surface area contributed by atoms with Crippen LogP contribution in [-0.4, -0.2) is 22.2 Å². The molecule has 0 saturated carbocycles. The van der Waals surface area contributed by atoms with Crippen LogP contribution in [0.25, 0.3) is 22.8 Å². The summed E-state index contributed by atoms with van der Waals surface area (Å²) < 4.78 is 10.7. The van der Waals surface area contributed by atoms with Gasteiger partial charge in [0.2, 0.25) is 5.82 Å². The van der Waals surface area contributed by atoms with Crippen LogP contribution in [0.3, 0.4) is 0 Å². The number of rotatable bonds is 4. The molecule has 0 radical (unpaired) electrons. The molecule has 0 N–H and O–H groups in total. The molecule has 0 aliphatic heterocycles. The number of hydrogen-bond donors (Lipinski definition) is 0. The van der Waals surface area contributed by atoms with Gasteiger partial charge in [0.1, 0.15) is 5.75 Å². The Labute approximate surface area is 129 Å². The summed E-state index contributed by atoms with van der Waals surface area (Å²) in [6.07, 6.45) is 3.30. The topological polar surface area (TPSA) is 61.0 Å². The molecule has 3 rings (SSSR count). The Morgan fingerprint density at radius 1 is 1.18 bits per heavy atom. The molecule has 0 amide bonds. The number of ether oxygens (including phenoxy) is 1. The van der Waals surface area contributed by atoms with Gasteiger partial charge in [0.05, 0.1) is 18.9 Å². The summed E-state index contributed by atoms with van der Waals surface area (Å²) >= 11 is 0. The Morgan fingerprint density at radius 3 is 2.82 bits per heavy atom. The van der Waals surface area contributed by atoms with E-state index in [2.05, 4.69) is 41.1 Å². The van der Waals surface area contributed by atoms with E-state index in [0.29, 0.717) is 23.4 Å². The van der Waals surface area contributed by atoms with Crippen LogP contribution in [0.5, 0.6) is 5.75 Å². The highest BCUT2D eigenvalue weighted by Gasteiger charge is 2.14. The van der Waals surface area contributed by atoms with Crippen molar-refractivity contribution in [2.45, 2.75) is 19.8 Å². The molecule has 112 valence electrons. The molecule has 2 aromatic heterocycles. The lowest BCUT2D eigenvalue weighted by molar-refractivity contribution is 0.412. The number of benzene rings is 1. The molecule has 0 bridgehead atoms. The van der Waals surface area contributed by atoms with Crippen molar-refractivity contribution in [2.24, 2.45) is 0 Å². The number of pyridine rings is 1. The Hall–Kier alpha value is -2.69. The van der Waals surface area contributed by atoms with Gasteiger partial charge < -0.3 is 9.26 Å². The maximum atomic E-state index is 5.40. The first-order valence-corrected chi connectivity index (χ1v) is 7.11. The second kappa shape index (κ2) is 5.97. The third kappa shape index (κ3) is 2.70. The zero-order valence-corrected chi connectivity index (χ0v) is 12.8. The molecule has 1 aromatic carbocycles. The minimum absolute atomic E-state index is 0.447. The first-order valence-electron chi connectivity index (χ1n) is 7.11. The zero-order valence-electron chi connectivity index (χ0n) is 12.8. The van der Waals surface area contributed by atoms with Crippen molar-refractivity contribution in [3.63, 3.8) is 0 Å². The molecule has 0 aliphatic carbocycles. The van der Waals surface area contributed by atoms with Gasteiger partial charge in [-0.3, -0.25) is 4.98 Å². The Morgan fingerprint density at radius 2 is 2.05 bits per heavy atom. The van der Waals surface area contributed by atoms with Crippen LogP contribution in [0.2, 0.25) is 0 Å². The van der Waals surface area contributed by atoms with Gasteiger partial charge >= 0.3 is 0 Å². The van der Waals surface area contributed by atoms with Gasteiger partial charge in [-0.25, -0.2) is 0 Å². The zero-order chi connectivity index (χ0) is 15.5. The second-order valence-electron chi connectivity index (χ2n) is 5.28. The molecule has 0 saturated heterocycles. The highest BCUT2D eigenvalue weighted by molar-refractivity contribution is 5.65. The molecule has 0 fully saturated rings. The van der Waals surface area contributed by atoms with E-state index in [4.69, 9.17) is 9.26 Å². The predicted octanol–water partition coefficient (Wildman–Crippen LogP) is 3.93. The van der Waals surface area contributed by atoms with Gasteiger partial charge in [-0.2, -0.15) is 4.98 Å². The lowest BCUT2D eigenvalue weighted by atomic mass is 10.0. The number of nitrogens with zero attached hydrogens (tertiary/aromatic N) is 3. The summed E-state index contributed by atoms with van der Waals surface area (Å²) in [4.78, 5) is 8.50. The van der Waals surface area contributed by atoms with Crippen molar-refractivity contribution >= 4 is 0 Å². The van der Waals surface area contributed by atoms with Crippen LogP contribution in [0, 0.1) is 0 Å². The van der Waals surface area contributed by atoms with Gasteiger partial charge in [0.25, 0.3) is 5.89 Å². The fourth-order valence-corrected chi connectivity index (χ4v) is 2.21. The van der Waals surface area contributed by atoms with E-state index in [9.17, 15) is 0 Å². The highest BCUT2D eigenvalue weighted by Crippen LogP contribution is 2.29. The standard InChI is InChI=1S/C17H17N3O2/c1-11(2)12-5-4-6-13(9-12)17-19-16(20-22-17)14-7-8-18-10-15(14)21-3/h4-11H,1-3H3. The third-order valence-corrected chi connectivity index (χ3v) is 3.47. The summed E-state index contributed by atoms with van der Waals surface area (Å²) in [6.45, 7) is 4.31. The van der Waals surface area contributed by atoms with Crippen molar-refractivity contribution in [1.82, 2.24) is 15.1 Å². The van der Waals surface area contributed by atoms with E-state index < -0.39 is 0 Å². The minimum atomic E-state index is 0.447. The first kappa shape index (κ1) is 14.3. The third-order valence-electron chi connectivity index (χ3n) is 3.47. The number of hydrogen-bond acceptors (Lipinski definition) is 5. The molecule has 5 nitrogen and oxygen atoms in total. The van der Waals surface area contributed by atoms with Crippen molar-refractivity contribution < 1.29 is 9.26 Å². The fraction of sp³-hybridized carbons (Fsp3) is 0.235. The molecule has 0 spiro atoms. The van der Waals surface area contributed by atoms with Crippen LogP contribution in [0.4, 0.5) is 0 Å². The molecule has 22 heavy (non-hydrogen) atoms. The average molecular weight is 295 g/mol. The summed E-state index contributed by atoms with van der Waals surface area (Å²) in [5.74, 6) is 2.05. The Bertz CT molecular complexity index is 781. The smallest absolute Gasteiger partial charge is 0.258 e. The quantitative estimate of drug-likeness (QED) is 0.729. The SMILES string of the molecule is COc1cnccc1-c1noc(-c2cccc(C(C)C)c2)n1. The summed E-state index contributed by atoms with van der Waals surface area (Å²) in [6, 6.07) is 9.94. The minimum Gasteiger partial charge on any atom is -0.494 e. The van der Waals surface area contributed by atoms with Crippen molar-refractivity contribution in [2.75, 3.05) is 7.11 Å². The monoisotopic (exact) mass is 295 g/mol. The van der Waals surface area contributed by atoms with E-state index in [1.807, 2.05) is 12.1 Å². The number of methoxy groups -OCH3 is 1. The maximum absolute atomic E-state index is 5.40. The molecular formula is C17H17N3O2. The van der Waals surface area contributed by atoms with Crippen LogP contribution >= 0.6 is 0 Å².